The highest BCUT2D eigenvalue weighted by molar-refractivity contribution is 7.89. The zero-order valence-corrected chi connectivity index (χ0v) is 17.9. The third-order valence-electron chi connectivity index (χ3n) is 5.13. The molecule has 30 heavy (non-hydrogen) atoms. The minimum atomic E-state index is -4.02. The zero-order chi connectivity index (χ0) is 21.8. The van der Waals surface area contributed by atoms with E-state index in [0.29, 0.717) is 30.6 Å². The molecule has 0 spiro atoms. The minimum absolute atomic E-state index is 0.239. The van der Waals surface area contributed by atoms with Crippen LogP contribution in [0.3, 0.4) is 0 Å². The molecule has 2 aromatic heterocycles. The largest absolute Gasteiger partial charge is 0.352 e. The molecule has 1 saturated heterocycles. The first kappa shape index (κ1) is 20.6. The summed E-state index contributed by atoms with van der Waals surface area (Å²) in [6, 6.07) is 5.56. The van der Waals surface area contributed by atoms with Crippen molar-refractivity contribution in [1.29, 1.82) is 0 Å². The van der Waals surface area contributed by atoms with E-state index in [0.717, 1.165) is 22.3 Å². The fourth-order valence-corrected chi connectivity index (χ4v) is 4.71. The number of sulfonamides is 1. The van der Waals surface area contributed by atoms with E-state index in [1.165, 1.54) is 7.05 Å². The van der Waals surface area contributed by atoms with Crippen LogP contribution in [0, 0.1) is 11.6 Å². The van der Waals surface area contributed by atoms with E-state index in [1.54, 1.807) is 4.52 Å². The SMILES string of the molecule is CN(C1CN(c2ccc3nnc(C(C)(C)C)n3n2)C1)S(=O)(=O)c1cc(F)cc(F)c1. The van der Waals surface area contributed by atoms with Gasteiger partial charge in [-0.3, -0.25) is 0 Å². The quantitative estimate of drug-likeness (QED) is 0.624. The van der Waals surface area contributed by atoms with Gasteiger partial charge < -0.3 is 4.90 Å². The number of anilines is 1. The zero-order valence-electron chi connectivity index (χ0n) is 17.0. The summed E-state index contributed by atoms with van der Waals surface area (Å²) in [6.07, 6.45) is 0. The van der Waals surface area contributed by atoms with E-state index < -0.39 is 26.6 Å². The Morgan fingerprint density at radius 2 is 1.70 bits per heavy atom. The normalized spacial score (nSPS) is 15.8. The lowest BCUT2D eigenvalue weighted by Crippen LogP contribution is -2.60. The second kappa shape index (κ2) is 6.95. The second-order valence-electron chi connectivity index (χ2n) is 8.42. The van der Waals surface area contributed by atoms with E-state index in [2.05, 4.69) is 15.3 Å². The average Bonchev–Trinajstić information content (AvgIpc) is 3.03. The Balaban J connectivity index is 1.53. The van der Waals surface area contributed by atoms with Gasteiger partial charge in [0.1, 0.15) is 17.5 Å². The predicted molar refractivity (Wildman–Crippen MR) is 107 cm³/mol. The van der Waals surface area contributed by atoms with Crippen LogP contribution in [0.15, 0.2) is 35.2 Å². The van der Waals surface area contributed by atoms with Crippen LogP contribution in [-0.2, 0) is 15.4 Å². The Morgan fingerprint density at radius 3 is 2.30 bits per heavy atom. The third kappa shape index (κ3) is 3.52. The van der Waals surface area contributed by atoms with Gasteiger partial charge in [-0.25, -0.2) is 17.2 Å². The molecule has 0 bridgehead atoms. The molecule has 0 atom stereocenters. The van der Waals surface area contributed by atoms with Crippen molar-refractivity contribution >= 4 is 21.5 Å². The molecule has 0 radical (unpaired) electrons. The van der Waals surface area contributed by atoms with Crippen LogP contribution in [0.2, 0.25) is 0 Å². The van der Waals surface area contributed by atoms with Crippen molar-refractivity contribution in [2.75, 3.05) is 25.0 Å². The maximum Gasteiger partial charge on any atom is 0.243 e. The standard InChI is InChI=1S/C19H22F2N6O2S/c1-19(2,3)18-23-22-16-5-6-17(24-27(16)18)26-10-14(11-26)25(4)30(28,29)15-8-12(20)7-13(21)9-15/h5-9,14H,10-11H2,1-4H3. The van der Waals surface area contributed by atoms with E-state index in [4.69, 9.17) is 0 Å². The van der Waals surface area contributed by atoms with E-state index in [9.17, 15) is 17.2 Å². The number of nitrogens with zero attached hydrogens (tertiary/aromatic N) is 6. The molecule has 1 aromatic carbocycles. The lowest BCUT2D eigenvalue weighted by Gasteiger charge is -2.43. The molecule has 8 nitrogen and oxygen atoms in total. The molecule has 3 heterocycles. The van der Waals surface area contributed by atoms with Gasteiger partial charge in [0.25, 0.3) is 0 Å². The van der Waals surface area contributed by atoms with Crippen LogP contribution in [-0.4, -0.2) is 58.7 Å². The second-order valence-corrected chi connectivity index (χ2v) is 10.4. The lowest BCUT2D eigenvalue weighted by atomic mass is 9.96. The fourth-order valence-electron chi connectivity index (χ4n) is 3.33. The van der Waals surface area contributed by atoms with Gasteiger partial charge in [-0.05, 0) is 24.3 Å². The number of hydrogen-bond donors (Lipinski definition) is 0. The number of likely N-dealkylation sites (N-methyl/N-ethyl adjacent to an activating group) is 1. The van der Waals surface area contributed by atoms with E-state index in [-0.39, 0.29) is 11.5 Å². The van der Waals surface area contributed by atoms with Crippen molar-refractivity contribution in [3.05, 3.63) is 47.8 Å². The van der Waals surface area contributed by atoms with Gasteiger partial charge in [0.15, 0.2) is 11.5 Å². The van der Waals surface area contributed by atoms with Crippen LogP contribution in [0.25, 0.3) is 5.65 Å². The highest BCUT2D eigenvalue weighted by Crippen LogP contribution is 2.27. The van der Waals surface area contributed by atoms with Crippen molar-refractivity contribution in [3.8, 4) is 0 Å². The van der Waals surface area contributed by atoms with Crippen LogP contribution >= 0.6 is 0 Å². The van der Waals surface area contributed by atoms with Crippen molar-refractivity contribution < 1.29 is 17.2 Å². The smallest absolute Gasteiger partial charge is 0.243 e. The van der Waals surface area contributed by atoms with Gasteiger partial charge in [0.2, 0.25) is 10.0 Å². The molecular weight excluding hydrogens is 414 g/mol. The summed E-state index contributed by atoms with van der Waals surface area (Å²) in [5, 5.41) is 13.0. The number of hydrogen-bond acceptors (Lipinski definition) is 6. The summed E-state index contributed by atoms with van der Waals surface area (Å²) in [5.74, 6) is -0.465. The topological polar surface area (TPSA) is 83.7 Å². The molecule has 0 saturated carbocycles. The van der Waals surface area contributed by atoms with Gasteiger partial charge in [0.05, 0.1) is 10.9 Å². The molecule has 1 aliphatic rings. The van der Waals surface area contributed by atoms with Crippen LogP contribution < -0.4 is 4.90 Å². The van der Waals surface area contributed by atoms with E-state index >= 15 is 0 Å². The van der Waals surface area contributed by atoms with Gasteiger partial charge in [-0.15, -0.1) is 15.3 Å². The Labute approximate surface area is 173 Å². The van der Waals surface area contributed by atoms with Crippen LogP contribution in [0.5, 0.6) is 0 Å². The maximum atomic E-state index is 13.5. The molecule has 11 heteroatoms. The first-order valence-corrected chi connectivity index (χ1v) is 10.8. The van der Waals surface area contributed by atoms with Gasteiger partial charge in [-0.2, -0.15) is 8.82 Å². The summed E-state index contributed by atoms with van der Waals surface area (Å²) < 4.78 is 55.3. The predicted octanol–water partition coefficient (Wildman–Crippen LogP) is 2.21. The summed E-state index contributed by atoms with van der Waals surface area (Å²) in [4.78, 5) is 1.52. The molecule has 1 fully saturated rings. The number of halogens is 2. The first-order valence-electron chi connectivity index (χ1n) is 9.39. The monoisotopic (exact) mass is 436 g/mol. The molecular formula is C19H22F2N6O2S. The fraction of sp³-hybridized carbons (Fsp3) is 0.421. The molecule has 0 N–H and O–H groups in total. The first-order chi connectivity index (χ1) is 14.0. The minimum Gasteiger partial charge on any atom is -0.352 e. The average molecular weight is 436 g/mol. The maximum absolute atomic E-state index is 13.5. The Kier molecular flexibility index (Phi) is 4.77. The molecule has 0 amide bonds. The summed E-state index contributed by atoms with van der Waals surface area (Å²) >= 11 is 0. The summed E-state index contributed by atoms with van der Waals surface area (Å²) in [5.41, 5.74) is 0.394. The third-order valence-corrected chi connectivity index (χ3v) is 7.02. The molecule has 160 valence electrons. The molecule has 0 unspecified atom stereocenters. The number of fused-ring (bicyclic) bond motifs is 1. The number of aromatic nitrogens is 4. The van der Waals surface area contributed by atoms with Crippen molar-refractivity contribution in [1.82, 2.24) is 24.1 Å². The highest BCUT2D eigenvalue weighted by Gasteiger charge is 2.38. The molecule has 4 rings (SSSR count). The molecule has 3 aromatic rings. The number of benzene rings is 1. The van der Waals surface area contributed by atoms with Crippen molar-refractivity contribution in [3.63, 3.8) is 0 Å². The Morgan fingerprint density at radius 1 is 1.07 bits per heavy atom. The van der Waals surface area contributed by atoms with Crippen LogP contribution in [0.4, 0.5) is 14.6 Å². The van der Waals surface area contributed by atoms with Gasteiger partial charge in [-0.1, -0.05) is 20.8 Å². The van der Waals surface area contributed by atoms with Gasteiger partial charge in [0, 0.05) is 31.6 Å². The molecule has 0 aliphatic carbocycles. The van der Waals surface area contributed by atoms with Crippen molar-refractivity contribution in [2.24, 2.45) is 0 Å². The van der Waals surface area contributed by atoms with Crippen molar-refractivity contribution in [2.45, 2.75) is 37.1 Å². The Bertz CT molecular complexity index is 1200. The summed E-state index contributed by atoms with van der Waals surface area (Å²) in [7, 11) is -2.61. The summed E-state index contributed by atoms with van der Waals surface area (Å²) in [6.45, 7) is 6.86. The highest BCUT2D eigenvalue weighted by atomic mass is 32.2. The molecule has 1 aliphatic heterocycles. The lowest BCUT2D eigenvalue weighted by molar-refractivity contribution is 0.308. The van der Waals surface area contributed by atoms with Crippen LogP contribution in [0.1, 0.15) is 26.6 Å². The van der Waals surface area contributed by atoms with Gasteiger partial charge >= 0.3 is 0 Å². The Hall–Kier alpha value is -2.66. The number of rotatable bonds is 4. The van der Waals surface area contributed by atoms with E-state index in [1.807, 2.05) is 37.8 Å².